The number of thiazole rings is 1. The van der Waals surface area contributed by atoms with Crippen LogP contribution in [-0.2, 0) is 11.2 Å². The summed E-state index contributed by atoms with van der Waals surface area (Å²) in [7, 11) is 1.64. The van der Waals surface area contributed by atoms with Crippen molar-refractivity contribution < 1.29 is 18.7 Å². The minimum absolute atomic E-state index is 0.0283. The van der Waals surface area contributed by atoms with Gasteiger partial charge in [0.15, 0.2) is 10.9 Å². The van der Waals surface area contributed by atoms with Crippen LogP contribution in [0.4, 0.5) is 15.9 Å². The molecule has 1 aromatic carbocycles. The predicted molar refractivity (Wildman–Crippen MR) is 132 cm³/mol. The number of aromatic nitrogens is 3. The smallest absolute Gasteiger partial charge is 0.321 e. The number of amides is 2. The Labute approximate surface area is 207 Å². The third kappa shape index (κ3) is 5.06. The Balaban J connectivity index is 1.37. The number of Topliss-reactive ketones (excluding diaryl/α,β-unsaturated/α-hetero) is 1. The average molecular weight is 497 g/mol. The van der Waals surface area contributed by atoms with Crippen molar-refractivity contribution in [3.05, 3.63) is 40.4 Å². The maximum Gasteiger partial charge on any atom is 0.321 e. The highest BCUT2D eigenvalue weighted by molar-refractivity contribution is 7.16. The van der Waals surface area contributed by atoms with Crippen LogP contribution in [0.3, 0.4) is 0 Å². The summed E-state index contributed by atoms with van der Waals surface area (Å²) < 4.78 is 11.6. The van der Waals surface area contributed by atoms with E-state index in [-0.39, 0.29) is 29.8 Å². The second kappa shape index (κ2) is 9.74. The van der Waals surface area contributed by atoms with Gasteiger partial charge in [-0.1, -0.05) is 28.6 Å². The van der Waals surface area contributed by atoms with E-state index >= 15 is 0 Å². The van der Waals surface area contributed by atoms with Crippen LogP contribution in [-0.4, -0.2) is 53.3 Å². The van der Waals surface area contributed by atoms with Crippen LogP contribution in [0, 0.1) is 5.92 Å². The maximum absolute atomic E-state index is 12.5. The van der Waals surface area contributed by atoms with Crippen LogP contribution in [0.1, 0.15) is 53.7 Å². The average Bonchev–Trinajstić information content (AvgIpc) is 3.41. The number of hydrogen-bond donors (Lipinski definition) is 2. The van der Waals surface area contributed by atoms with Crippen molar-refractivity contribution in [1.29, 1.82) is 0 Å². The lowest BCUT2D eigenvalue weighted by molar-refractivity contribution is 0.0967. The molecule has 2 aromatic heterocycles. The summed E-state index contributed by atoms with van der Waals surface area (Å²) in [5, 5.41) is 14.7. The van der Waals surface area contributed by atoms with Gasteiger partial charge < -0.3 is 19.4 Å². The molecule has 1 atom stereocenters. The lowest BCUT2D eigenvalue weighted by Gasteiger charge is -2.32. The number of fused-ring (bicyclic) bond motifs is 1. The first-order valence-electron chi connectivity index (χ1n) is 11.7. The van der Waals surface area contributed by atoms with E-state index < -0.39 is 0 Å². The van der Waals surface area contributed by atoms with Crippen molar-refractivity contribution in [2.24, 2.45) is 5.92 Å². The first-order chi connectivity index (χ1) is 16.9. The van der Waals surface area contributed by atoms with Crippen LogP contribution in [0.2, 0.25) is 0 Å². The second-order valence-corrected chi connectivity index (χ2v) is 10.1. The number of nitrogens with zero attached hydrogens (tertiary/aromatic N) is 4. The number of ketones is 1. The summed E-state index contributed by atoms with van der Waals surface area (Å²) >= 11 is 1.42. The van der Waals surface area contributed by atoms with Gasteiger partial charge in [0.25, 0.3) is 0 Å². The highest BCUT2D eigenvalue weighted by Gasteiger charge is 2.34. The summed E-state index contributed by atoms with van der Waals surface area (Å²) in [6.45, 7) is 4.82. The summed E-state index contributed by atoms with van der Waals surface area (Å²) in [5.74, 6) is 0.687. The molecule has 184 valence electrons. The van der Waals surface area contributed by atoms with E-state index in [1.165, 1.54) is 11.3 Å². The van der Waals surface area contributed by atoms with E-state index in [9.17, 15) is 9.59 Å². The number of ether oxygens (including phenoxy) is 1. The summed E-state index contributed by atoms with van der Waals surface area (Å²) in [6, 6.07) is 7.31. The molecule has 10 nitrogen and oxygen atoms in total. The molecule has 2 amide bonds. The highest BCUT2D eigenvalue weighted by Crippen LogP contribution is 2.39. The molecule has 0 unspecified atom stereocenters. The molecule has 1 aliphatic carbocycles. The Hall–Kier alpha value is -3.31. The Morgan fingerprint density at radius 2 is 2.11 bits per heavy atom. The quantitative estimate of drug-likeness (QED) is 0.448. The van der Waals surface area contributed by atoms with Crippen LogP contribution in [0.5, 0.6) is 0 Å². The molecule has 0 spiro atoms. The Kier molecular flexibility index (Phi) is 6.52. The van der Waals surface area contributed by atoms with Gasteiger partial charge in [-0.25, -0.2) is 9.78 Å². The van der Waals surface area contributed by atoms with Crippen LogP contribution < -0.4 is 15.5 Å². The zero-order chi connectivity index (χ0) is 24.5. The van der Waals surface area contributed by atoms with Crippen molar-refractivity contribution in [2.75, 3.05) is 30.5 Å². The maximum atomic E-state index is 12.5. The monoisotopic (exact) mass is 496 g/mol. The topological polar surface area (TPSA) is 122 Å². The molecule has 0 radical (unpaired) electrons. The first-order valence-corrected chi connectivity index (χ1v) is 12.6. The number of rotatable bonds is 8. The van der Waals surface area contributed by atoms with Crippen molar-refractivity contribution in [3.8, 4) is 11.5 Å². The summed E-state index contributed by atoms with van der Waals surface area (Å²) in [4.78, 5) is 32.2. The molecule has 11 heteroatoms. The van der Waals surface area contributed by atoms with Crippen LogP contribution in [0.25, 0.3) is 11.5 Å². The molecule has 1 fully saturated rings. The number of hydrogen-bond acceptors (Lipinski definition) is 9. The van der Waals surface area contributed by atoms with E-state index in [0.717, 1.165) is 29.0 Å². The molecule has 2 N–H and O–H groups in total. The Morgan fingerprint density at radius 3 is 2.86 bits per heavy atom. The van der Waals surface area contributed by atoms with Crippen molar-refractivity contribution in [3.63, 3.8) is 0 Å². The molecule has 1 saturated carbocycles. The molecule has 1 aliphatic heterocycles. The summed E-state index contributed by atoms with van der Waals surface area (Å²) in [5.41, 5.74) is 2.33. The van der Waals surface area contributed by atoms with Crippen molar-refractivity contribution in [2.45, 2.75) is 45.2 Å². The third-order valence-corrected chi connectivity index (χ3v) is 7.08. The van der Waals surface area contributed by atoms with Gasteiger partial charge in [0.2, 0.25) is 5.89 Å². The van der Waals surface area contributed by atoms with Gasteiger partial charge in [-0.3, -0.25) is 10.1 Å². The number of benzene rings is 1. The summed E-state index contributed by atoms with van der Waals surface area (Å²) in [6.07, 6.45) is 2.59. The minimum atomic E-state index is -0.282. The lowest BCUT2D eigenvalue weighted by atomic mass is 10.0. The predicted octanol–water partition coefficient (Wildman–Crippen LogP) is 4.07. The largest absolute Gasteiger partial charge is 0.403 e. The molecule has 3 heterocycles. The lowest BCUT2D eigenvalue weighted by Crippen LogP contribution is -2.37. The van der Waals surface area contributed by atoms with Crippen molar-refractivity contribution in [1.82, 2.24) is 20.5 Å². The SMILES string of the molecule is COC[C@H]1c2sc(NC(=O)NC(C)C)nc2CCN1c1nnc(-c2cccc(C(=O)C3CC3)c2)o1. The van der Waals surface area contributed by atoms with Gasteiger partial charge in [-0.15, -0.1) is 5.10 Å². The molecule has 3 aromatic rings. The Bertz CT molecular complexity index is 1230. The van der Waals surface area contributed by atoms with E-state index in [1.54, 1.807) is 7.11 Å². The fourth-order valence-corrected chi connectivity index (χ4v) is 5.27. The molecule has 2 aliphatic rings. The number of anilines is 2. The minimum Gasteiger partial charge on any atom is -0.403 e. The zero-order valence-electron chi connectivity index (χ0n) is 19.9. The zero-order valence-corrected chi connectivity index (χ0v) is 20.7. The highest BCUT2D eigenvalue weighted by atomic mass is 32.1. The van der Waals surface area contributed by atoms with Gasteiger partial charge in [0.1, 0.15) is 0 Å². The fraction of sp³-hybridized carbons (Fsp3) is 0.458. The molecule has 35 heavy (non-hydrogen) atoms. The number of nitrogens with one attached hydrogen (secondary N) is 2. The molecular formula is C24H28N6O4S. The van der Waals surface area contributed by atoms with Gasteiger partial charge in [0.05, 0.1) is 23.2 Å². The van der Waals surface area contributed by atoms with Gasteiger partial charge >= 0.3 is 12.0 Å². The number of carbonyl (C=O) groups is 2. The molecular weight excluding hydrogens is 468 g/mol. The fourth-order valence-electron chi connectivity index (χ4n) is 4.16. The van der Waals surface area contributed by atoms with E-state index in [4.69, 9.17) is 9.15 Å². The van der Waals surface area contributed by atoms with Gasteiger partial charge in [-0.05, 0) is 38.8 Å². The normalized spacial score (nSPS) is 17.4. The van der Waals surface area contributed by atoms with Gasteiger partial charge in [0, 0.05) is 43.2 Å². The van der Waals surface area contributed by atoms with E-state index in [1.807, 2.05) is 43.0 Å². The van der Waals surface area contributed by atoms with E-state index in [2.05, 4.69) is 25.8 Å². The standard InChI is InChI=1S/C24H28N6O4S/c1-13(2)25-22(32)27-23-26-17-9-10-30(18(12-33-3)20(17)35-23)24-29-28-21(34-24)16-6-4-5-15(11-16)19(31)14-7-8-14/h4-6,11,13-14,18H,7-10,12H2,1-3H3,(H2,25,26,27,32)/t18-/m0/s1. The molecule has 0 saturated heterocycles. The number of carbonyl (C=O) groups excluding carboxylic acids is 2. The van der Waals surface area contributed by atoms with Gasteiger partial charge in [-0.2, -0.15) is 0 Å². The molecule has 5 rings (SSSR count). The molecule has 0 bridgehead atoms. The second-order valence-electron chi connectivity index (χ2n) is 9.11. The number of urea groups is 1. The van der Waals surface area contributed by atoms with Crippen LogP contribution in [0.15, 0.2) is 28.7 Å². The Morgan fingerprint density at radius 1 is 1.29 bits per heavy atom. The van der Waals surface area contributed by atoms with Crippen molar-refractivity contribution >= 4 is 34.3 Å². The third-order valence-electron chi connectivity index (χ3n) is 5.96. The van der Waals surface area contributed by atoms with E-state index in [0.29, 0.717) is 42.2 Å². The van der Waals surface area contributed by atoms with Crippen LogP contribution >= 0.6 is 11.3 Å². The number of methoxy groups -OCH3 is 1. The first kappa shape index (κ1) is 23.4.